The van der Waals surface area contributed by atoms with Gasteiger partial charge in [-0.3, -0.25) is 4.79 Å². The van der Waals surface area contributed by atoms with Crippen LogP contribution in [0.2, 0.25) is 0 Å². The number of cyclic esters (lactones) is 1. The topological polar surface area (TPSA) is 46.5 Å². The summed E-state index contributed by atoms with van der Waals surface area (Å²) in [5.74, 6) is -0.207. The second kappa shape index (κ2) is 3.01. The van der Waals surface area contributed by atoms with Gasteiger partial charge in [0.15, 0.2) is 0 Å². The highest BCUT2D eigenvalue weighted by Gasteiger charge is 2.30. The number of carbonyl (C=O) groups excluding carboxylic acids is 1. The molecule has 0 saturated carbocycles. The van der Waals surface area contributed by atoms with E-state index in [0.717, 1.165) is 6.42 Å². The minimum Gasteiger partial charge on any atom is -0.462 e. The van der Waals surface area contributed by atoms with Crippen molar-refractivity contribution < 1.29 is 14.6 Å². The van der Waals surface area contributed by atoms with Gasteiger partial charge in [-0.15, -0.1) is 0 Å². The van der Waals surface area contributed by atoms with Crippen LogP contribution in [0.1, 0.15) is 19.8 Å². The summed E-state index contributed by atoms with van der Waals surface area (Å²) in [4.78, 5) is 10.8. The SMILES string of the molecule is C[C@H]1CC(CCO)C(=O)O1. The molecule has 58 valence electrons. The highest BCUT2D eigenvalue weighted by Crippen LogP contribution is 2.22. The van der Waals surface area contributed by atoms with E-state index < -0.39 is 0 Å². The van der Waals surface area contributed by atoms with Crippen molar-refractivity contribution in [2.75, 3.05) is 6.61 Å². The molecule has 3 nitrogen and oxygen atoms in total. The van der Waals surface area contributed by atoms with E-state index in [0.29, 0.717) is 6.42 Å². The first kappa shape index (κ1) is 7.54. The van der Waals surface area contributed by atoms with Gasteiger partial charge in [0.25, 0.3) is 0 Å². The largest absolute Gasteiger partial charge is 0.462 e. The summed E-state index contributed by atoms with van der Waals surface area (Å²) in [6, 6.07) is 0. The Morgan fingerprint density at radius 1 is 1.80 bits per heavy atom. The third-order valence-electron chi connectivity index (χ3n) is 1.74. The van der Waals surface area contributed by atoms with Crippen molar-refractivity contribution in [1.29, 1.82) is 0 Å². The molecule has 1 fully saturated rings. The van der Waals surface area contributed by atoms with Gasteiger partial charge in [0, 0.05) is 6.61 Å². The molecule has 0 aromatic carbocycles. The number of carbonyl (C=O) groups is 1. The Bertz CT molecular complexity index is 133. The molecule has 1 aliphatic heterocycles. The highest BCUT2D eigenvalue weighted by atomic mass is 16.5. The Morgan fingerprint density at radius 2 is 2.50 bits per heavy atom. The van der Waals surface area contributed by atoms with E-state index in [2.05, 4.69) is 0 Å². The molecular formula is C7H12O3. The summed E-state index contributed by atoms with van der Waals surface area (Å²) < 4.78 is 4.88. The summed E-state index contributed by atoms with van der Waals surface area (Å²) in [5.41, 5.74) is 0. The van der Waals surface area contributed by atoms with E-state index in [1.807, 2.05) is 6.92 Å². The van der Waals surface area contributed by atoms with Gasteiger partial charge >= 0.3 is 5.97 Å². The van der Waals surface area contributed by atoms with Crippen LogP contribution < -0.4 is 0 Å². The van der Waals surface area contributed by atoms with Crippen LogP contribution in [0.5, 0.6) is 0 Å². The first-order valence-electron chi connectivity index (χ1n) is 3.55. The number of hydrogen-bond donors (Lipinski definition) is 1. The second-order valence-electron chi connectivity index (χ2n) is 2.69. The van der Waals surface area contributed by atoms with Gasteiger partial charge in [-0.25, -0.2) is 0 Å². The molecule has 0 radical (unpaired) electrons. The number of hydrogen-bond acceptors (Lipinski definition) is 3. The van der Waals surface area contributed by atoms with E-state index in [9.17, 15) is 4.79 Å². The Hall–Kier alpha value is -0.570. The summed E-state index contributed by atoms with van der Waals surface area (Å²) in [6.45, 7) is 1.95. The standard InChI is InChI=1S/C7H12O3/c1-5-4-6(2-3-8)7(9)10-5/h5-6,8H,2-4H2,1H3/t5-,6?/m0/s1. The minimum atomic E-state index is -0.151. The van der Waals surface area contributed by atoms with E-state index >= 15 is 0 Å². The summed E-state index contributed by atoms with van der Waals surface area (Å²) in [7, 11) is 0. The van der Waals surface area contributed by atoms with Gasteiger partial charge in [-0.1, -0.05) is 0 Å². The molecule has 1 heterocycles. The highest BCUT2D eigenvalue weighted by molar-refractivity contribution is 5.74. The van der Waals surface area contributed by atoms with Crippen molar-refractivity contribution in [3.63, 3.8) is 0 Å². The molecule has 1 saturated heterocycles. The van der Waals surface area contributed by atoms with Crippen LogP contribution in [0.25, 0.3) is 0 Å². The van der Waals surface area contributed by atoms with Crippen LogP contribution in [0.3, 0.4) is 0 Å². The van der Waals surface area contributed by atoms with E-state index in [1.54, 1.807) is 0 Å². The van der Waals surface area contributed by atoms with Crippen molar-refractivity contribution in [1.82, 2.24) is 0 Å². The molecule has 0 spiro atoms. The van der Waals surface area contributed by atoms with Crippen LogP contribution >= 0.6 is 0 Å². The van der Waals surface area contributed by atoms with Crippen LogP contribution in [0, 0.1) is 5.92 Å². The summed E-state index contributed by atoms with van der Waals surface area (Å²) in [5, 5.41) is 8.52. The zero-order valence-corrected chi connectivity index (χ0v) is 6.04. The Morgan fingerprint density at radius 3 is 2.90 bits per heavy atom. The first-order valence-corrected chi connectivity index (χ1v) is 3.55. The van der Waals surface area contributed by atoms with E-state index in [4.69, 9.17) is 9.84 Å². The van der Waals surface area contributed by atoms with Crippen LogP contribution in [0.15, 0.2) is 0 Å². The number of rotatable bonds is 2. The molecule has 2 atom stereocenters. The van der Waals surface area contributed by atoms with Crippen molar-refractivity contribution in [2.24, 2.45) is 5.92 Å². The summed E-state index contributed by atoms with van der Waals surface area (Å²) in [6.07, 6.45) is 1.35. The molecule has 3 heteroatoms. The zero-order chi connectivity index (χ0) is 7.56. The fourth-order valence-corrected chi connectivity index (χ4v) is 1.23. The Balaban J connectivity index is 2.39. The fraction of sp³-hybridized carbons (Fsp3) is 0.857. The van der Waals surface area contributed by atoms with Gasteiger partial charge in [-0.05, 0) is 19.8 Å². The van der Waals surface area contributed by atoms with Crippen LogP contribution in [0.4, 0.5) is 0 Å². The molecule has 10 heavy (non-hydrogen) atoms. The lowest BCUT2D eigenvalue weighted by molar-refractivity contribution is -0.144. The van der Waals surface area contributed by atoms with E-state index in [1.165, 1.54) is 0 Å². The number of aliphatic hydroxyl groups excluding tert-OH is 1. The van der Waals surface area contributed by atoms with Gasteiger partial charge in [0.05, 0.1) is 12.0 Å². The number of esters is 1. The smallest absolute Gasteiger partial charge is 0.309 e. The van der Waals surface area contributed by atoms with E-state index in [-0.39, 0.29) is 24.6 Å². The molecule has 0 aliphatic carbocycles. The summed E-state index contributed by atoms with van der Waals surface area (Å²) >= 11 is 0. The lowest BCUT2D eigenvalue weighted by atomic mass is 10.0. The zero-order valence-electron chi connectivity index (χ0n) is 6.04. The van der Waals surface area contributed by atoms with Crippen molar-refractivity contribution in [3.8, 4) is 0 Å². The quantitative estimate of drug-likeness (QED) is 0.568. The first-order chi connectivity index (χ1) is 4.74. The predicted octanol–water partition coefficient (Wildman–Crippen LogP) is 0.320. The average molecular weight is 144 g/mol. The molecular weight excluding hydrogens is 132 g/mol. The fourth-order valence-electron chi connectivity index (χ4n) is 1.23. The van der Waals surface area contributed by atoms with Gasteiger partial charge < -0.3 is 9.84 Å². The number of aliphatic hydroxyl groups is 1. The Kier molecular flexibility index (Phi) is 2.27. The second-order valence-corrected chi connectivity index (χ2v) is 2.69. The third kappa shape index (κ3) is 1.48. The maximum atomic E-state index is 10.8. The van der Waals surface area contributed by atoms with Crippen molar-refractivity contribution in [3.05, 3.63) is 0 Å². The lowest BCUT2D eigenvalue weighted by Crippen LogP contribution is -2.08. The predicted molar refractivity (Wildman–Crippen MR) is 35.4 cm³/mol. The molecule has 1 rings (SSSR count). The maximum Gasteiger partial charge on any atom is 0.309 e. The molecule has 1 unspecified atom stereocenters. The Labute approximate surface area is 60.0 Å². The molecule has 0 bridgehead atoms. The van der Waals surface area contributed by atoms with Crippen molar-refractivity contribution in [2.45, 2.75) is 25.9 Å². The molecule has 1 N–H and O–H groups in total. The molecule has 0 amide bonds. The maximum absolute atomic E-state index is 10.8. The number of ether oxygens (including phenoxy) is 1. The molecule has 0 aromatic rings. The average Bonchev–Trinajstić information content (AvgIpc) is 2.13. The molecule has 0 aromatic heterocycles. The van der Waals surface area contributed by atoms with Gasteiger partial charge in [0.2, 0.25) is 0 Å². The van der Waals surface area contributed by atoms with Gasteiger partial charge in [-0.2, -0.15) is 0 Å². The lowest BCUT2D eigenvalue weighted by Gasteiger charge is -1.98. The minimum absolute atomic E-state index is 0.0454. The third-order valence-corrected chi connectivity index (χ3v) is 1.74. The van der Waals surface area contributed by atoms with Gasteiger partial charge in [0.1, 0.15) is 0 Å². The normalized spacial score (nSPS) is 32.4. The van der Waals surface area contributed by atoms with Crippen LogP contribution in [-0.2, 0) is 9.53 Å². The van der Waals surface area contributed by atoms with Crippen molar-refractivity contribution >= 4 is 5.97 Å². The van der Waals surface area contributed by atoms with Crippen LogP contribution in [-0.4, -0.2) is 23.8 Å². The monoisotopic (exact) mass is 144 g/mol. The molecule has 1 aliphatic rings.